The average molecular weight is 386 g/mol. The topological polar surface area (TPSA) is 39.9 Å². The molecule has 0 atom stereocenters. The summed E-state index contributed by atoms with van der Waals surface area (Å²) in [6, 6.07) is 4.46. The van der Waals surface area contributed by atoms with Crippen molar-refractivity contribution in [1.29, 1.82) is 0 Å². The molecule has 0 fully saturated rings. The summed E-state index contributed by atoms with van der Waals surface area (Å²) in [6.45, 7) is 11.4. The maximum absolute atomic E-state index is 13.4. The van der Waals surface area contributed by atoms with Gasteiger partial charge in [0.25, 0.3) is 0 Å². The van der Waals surface area contributed by atoms with Crippen molar-refractivity contribution in [3.63, 3.8) is 0 Å². The van der Waals surface area contributed by atoms with Crippen molar-refractivity contribution in [2.24, 2.45) is 0 Å². The van der Waals surface area contributed by atoms with Gasteiger partial charge in [0.15, 0.2) is 8.32 Å². The van der Waals surface area contributed by atoms with Crippen molar-refractivity contribution in [1.82, 2.24) is 15.0 Å². The molecule has 2 aromatic rings. The Morgan fingerprint density at radius 1 is 1.32 bits per heavy atom. The first-order valence-electron chi connectivity index (χ1n) is 7.11. The molecule has 2 rings (SSSR count). The highest BCUT2D eigenvalue weighted by Crippen LogP contribution is 2.37. The molecule has 0 aliphatic heterocycles. The summed E-state index contributed by atoms with van der Waals surface area (Å²) >= 11 is 3.39. The summed E-state index contributed by atoms with van der Waals surface area (Å²) in [5.41, 5.74) is 1.35. The van der Waals surface area contributed by atoms with Gasteiger partial charge >= 0.3 is 0 Å². The van der Waals surface area contributed by atoms with Gasteiger partial charge in [0, 0.05) is 10.5 Å². The van der Waals surface area contributed by atoms with Gasteiger partial charge in [-0.3, -0.25) is 0 Å². The normalized spacial score (nSPS) is 12.7. The highest BCUT2D eigenvalue weighted by molar-refractivity contribution is 9.10. The lowest BCUT2D eigenvalue weighted by Gasteiger charge is -2.35. The summed E-state index contributed by atoms with van der Waals surface area (Å²) < 4.78 is 21.8. The van der Waals surface area contributed by atoms with E-state index in [2.05, 4.69) is 60.1 Å². The Labute approximate surface area is 139 Å². The molecule has 0 amide bonds. The van der Waals surface area contributed by atoms with Crippen molar-refractivity contribution in [2.75, 3.05) is 0 Å². The molecule has 7 heteroatoms. The standard InChI is InChI=1S/C15H21BrFN3OSi/c1-15(2,3)22(4,5)21-10-12-9-20(19-18-12)14-8-11(17)6-7-13(14)16/h6-9H,10H2,1-5H3. The van der Waals surface area contributed by atoms with Crippen LogP contribution in [0.3, 0.4) is 0 Å². The van der Waals surface area contributed by atoms with E-state index in [4.69, 9.17) is 4.43 Å². The van der Waals surface area contributed by atoms with E-state index in [-0.39, 0.29) is 10.9 Å². The van der Waals surface area contributed by atoms with Gasteiger partial charge in [-0.2, -0.15) is 0 Å². The Morgan fingerprint density at radius 2 is 2.00 bits per heavy atom. The number of benzene rings is 1. The molecule has 0 bridgehead atoms. The second-order valence-electron chi connectivity index (χ2n) is 6.80. The number of halogens is 2. The third kappa shape index (κ3) is 3.82. The molecule has 22 heavy (non-hydrogen) atoms. The highest BCUT2D eigenvalue weighted by Gasteiger charge is 2.37. The van der Waals surface area contributed by atoms with E-state index in [0.717, 1.165) is 10.2 Å². The molecular weight excluding hydrogens is 365 g/mol. The van der Waals surface area contributed by atoms with E-state index in [9.17, 15) is 4.39 Å². The lowest BCUT2D eigenvalue weighted by Crippen LogP contribution is -2.40. The van der Waals surface area contributed by atoms with Crippen LogP contribution < -0.4 is 0 Å². The van der Waals surface area contributed by atoms with Crippen LogP contribution in [0.25, 0.3) is 5.69 Å². The second kappa shape index (κ2) is 6.21. The molecule has 0 aliphatic carbocycles. The molecule has 0 unspecified atom stereocenters. The largest absolute Gasteiger partial charge is 0.411 e. The third-order valence-electron chi connectivity index (χ3n) is 4.08. The van der Waals surface area contributed by atoms with Crippen LogP contribution in [0, 0.1) is 5.82 Å². The molecule has 4 nitrogen and oxygen atoms in total. The first kappa shape index (κ1) is 17.3. The van der Waals surface area contributed by atoms with E-state index < -0.39 is 8.32 Å². The summed E-state index contributed by atoms with van der Waals surface area (Å²) in [5.74, 6) is -0.312. The molecular formula is C15H21BrFN3OSi. The van der Waals surface area contributed by atoms with Crippen LogP contribution >= 0.6 is 15.9 Å². The van der Waals surface area contributed by atoms with Gasteiger partial charge in [-0.1, -0.05) is 26.0 Å². The summed E-state index contributed by atoms with van der Waals surface area (Å²) in [4.78, 5) is 0. The van der Waals surface area contributed by atoms with Gasteiger partial charge in [0.2, 0.25) is 0 Å². The van der Waals surface area contributed by atoms with Crippen molar-refractivity contribution in [2.45, 2.75) is 45.5 Å². The van der Waals surface area contributed by atoms with Crippen LogP contribution in [-0.4, -0.2) is 23.3 Å². The van der Waals surface area contributed by atoms with Crippen LogP contribution in [0.1, 0.15) is 26.5 Å². The van der Waals surface area contributed by atoms with Gasteiger partial charge in [0.1, 0.15) is 11.5 Å². The first-order valence-corrected chi connectivity index (χ1v) is 10.8. The van der Waals surface area contributed by atoms with E-state index in [1.165, 1.54) is 12.1 Å². The number of nitrogens with zero attached hydrogens (tertiary/aromatic N) is 3. The first-order chi connectivity index (χ1) is 10.1. The summed E-state index contributed by atoms with van der Waals surface area (Å²) in [5, 5.41) is 8.32. The van der Waals surface area contributed by atoms with Crippen LogP contribution in [0.5, 0.6) is 0 Å². The molecule has 1 aromatic carbocycles. The molecule has 120 valence electrons. The van der Waals surface area contributed by atoms with E-state index >= 15 is 0 Å². The van der Waals surface area contributed by atoms with E-state index in [0.29, 0.717) is 12.3 Å². The molecule has 0 saturated carbocycles. The zero-order valence-corrected chi connectivity index (χ0v) is 16.1. The Kier molecular flexibility index (Phi) is 4.89. The smallest absolute Gasteiger partial charge is 0.192 e. The monoisotopic (exact) mass is 385 g/mol. The zero-order valence-electron chi connectivity index (χ0n) is 13.5. The van der Waals surface area contributed by atoms with Crippen molar-refractivity contribution in [3.05, 3.63) is 40.4 Å². The number of rotatable bonds is 4. The van der Waals surface area contributed by atoms with Gasteiger partial charge in [-0.25, -0.2) is 9.07 Å². The summed E-state index contributed by atoms with van der Waals surface area (Å²) in [7, 11) is -1.82. The minimum Gasteiger partial charge on any atom is -0.411 e. The highest BCUT2D eigenvalue weighted by atomic mass is 79.9. The fourth-order valence-corrected chi connectivity index (χ4v) is 2.98. The molecule has 0 saturated heterocycles. The molecule has 0 spiro atoms. The number of hydrogen-bond donors (Lipinski definition) is 0. The van der Waals surface area contributed by atoms with E-state index in [1.807, 2.05) is 0 Å². The van der Waals surface area contributed by atoms with Gasteiger partial charge in [0.05, 0.1) is 18.5 Å². The second-order valence-corrected chi connectivity index (χ2v) is 12.5. The Hall–Kier alpha value is -1.05. The minimum atomic E-state index is -1.82. The van der Waals surface area contributed by atoms with Gasteiger partial charge < -0.3 is 4.43 Å². The quantitative estimate of drug-likeness (QED) is 0.716. The average Bonchev–Trinajstić information content (AvgIpc) is 2.87. The maximum Gasteiger partial charge on any atom is 0.192 e. The third-order valence-corrected chi connectivity index (χ3v) is 9.23. The Morgan fingerprint density at radius 3 is 2.64 bits per heavy atom. The van der Waals surface area contributed by atoms with Crippen LogP contribution in [0.15, 0.2) is 28.9 Å². The van der Waals surface area contributed by atoms with Gasteiger partial charge in [-0.05, 0) is 46.2 Å². The predicted octanol–water partition coefficient (Wildman–Crippen LogP) is 4.69. The molecule has 1 aromatic heterocycles. The fourth-order valence-electron chi connectivity index (χ4n) is 1.61. The molecule has 0 N–H and O–H groups in total. The van der Waals surface area contributed by atoms with Crippen molar-refractivity contribution in [3.8, 4) is 5.69 Å². The predicted molar refractivity (Wildman–Crippen MR) is 91.0 cm³/mol. The van der Waals surface area contributed by atoms with Crippen LogP contribution in [0.2, 0.25) is 18.1 Å². The molecule has 1 heterocycles. The van der Waals surface area contributed by atoms with Crippen molar-refractivity contribution >= 4 is 24.2 Å². The molecule has 0 aliphatic rings. The van der Waals surface area contributed by atoms with Crippen LogP contribution in [0.4, 0.5) is 4.39 Å². The minimum absolute atomic E-state index is 0.147. The number of hydrogen-bond acceptors (Lipinski definition) is 3. The zero-order chi connectivity index (χ0) is 16.5. The van der Waals surface area contributed by atoms with E-state index in [1.54, 1.807) is 16.9 Å². The lowest BCUT2D eigenvalue weighted by molar-refractivity contribution is 0.272. The Balaban J connectivity index is 2.14. The van der Waals surface area contributed by atoms with Crippen LogP contribution in [-0.2, 0) is 11.0 Å². The van der Waals surface area contributed by atoms with Crippen molar-refractivity contribution < 1.29 is 8.82 Å². The van der Waals surface area contributed by atoms with Gasteiger partial charge in [-0.15, -0.1) is 5.10 Å². The molecule has 0 radical (unpaired) electrons. The SMILES string of the molecule is CC(C)(C)[Si](C)(C)OCc1cn(-c2cc(F)ccc2Br)nn1. The lowest BCUT2D eigenvalue weighted by atomic mass is 10.2. The Bertz CT molecular complexity index is 667. The maximum atomic E-state index is 13.4. The summed E-state index contributed by atoms with van der Waals surface area (Å²) in [6.07, 6.45) is 1.77. The number of aromatic nitrogens is 3. The fraction of sp³-hybridized carbons (Fsp3) is 0.467.